The van der Waals surface area contributed by atoms with Crippen LogP contribution in [0.5, 0.6) is 0 Å². The zero-order chi connectivity index (χ0) is 9.56. The summed E-state index contributed by atoms with van der Waals surface area (Å²) in [5.41, 5.74) is 0. The van der Waals surface area contributed by atoms with E-state index in [1.54, 1.807) is 0 Å². The molecule has 0 aromatic carbocycles. The van der Waals surface area contributed by atoms with Gasteiger partial charge in [0, 0.05) is 0 Å². The summed E-state index contributed by atoms with van der Waals surface area (Å²) in [4.78, 5) is 10.8. The highest BCUT2D eigenvalue weighted by Crippen LogP contribution is 2.08. The van der Waals surface area contributed by atoms with Gasteiger partial charge in [-0.05, 0) is 18.4 Å². The van der Waals surface area contributed by atoms with E-state index < -0.39 is 17.1 Å². The van der Waals surface area contributed by atoms with E-state index in [9.17, 15) is 4.79 Å². The Morgan fingerprint density at radius 1 is 1.67 bits per heavy atom. The first-order valence-electron chi connectivity index (χ1n) is 3.23. The van der Waals surface area contributed by atoms with Crippen molar-refractivity contribution in [1.29, 1.82) is 0 Å². The van der Waals surface area contributed by atoms with Crippen LogP contribution in [0.1, 0.15) is 6.42 Å². The van der Waals surface area contributed by atoms with Crippen LogP contribution in [-0.4, -0.2) is 34.2 Å². The molecule has 0 saturated heterocycles. The van der Waals surface area contributed by atoms with Crippen molar-refractivity contribution in [3.05, 3.63) is 0 Å². The molecule has 0 aliphatic rings. The highest BCUT2D eigenvalue weighted by molar-refractivity contribution is 7.98. The van der Waals surface area contributed by atoms with Gasteiger partial charge in [-0.15, -0.1) is 0 Å². The predicted molar refractivity (Wildman–Crippen MR) is 50.6 cm³/mol. The van der Waals surface area contributed by atoms with E-state index >= 15 is 0 Å². The van der Waals surface area contributed by atoms with E-state index in [4.69, 9.17) is 28.3 Å². The van der Waals surface area contributed by atoms with Crippen molar-refractivity contribution in [2.24, 2.45) is 0 Å². The lowest BCUT2D eigenvalue weighted by Crippen LogP contribution is -2.24. The van der Waals surface area contributed by atoms with Crippen LogP contribution in [0, 0.1) is 0 Å². The van der Waals surface area contributed by atoms with Crippen molar-refractivity contribution in [2.45, 2.75) is 17.5 Å². The Morgan fingerprint density at radius 3 is 2.67 bits per heavy atom. The SMILES string of the molecule is CSCC[C@H](O)C(=O)OC(Cl)Cl. The molecule has 0 bridgehead atoms. The third-order valence-electron chi connectivity index (χ3n) is 1.07. The fraction of sp³-hybridized carbons (Fsp3) is 0.833. The highest BCUT2D eigenvalue weighted by atomic mass is 35.5. The molecule has 0 fully saturated rings. The van der Waals surface area contributed by atoms with Crippen molar-refractivity contribution in [2.75, 3.05) is 12.0 Å². The standard InChI is InChI=1S/C6H10Cl2O3S/c1-12-3-2-4(9)5(10)11-6(7)8/h4,6,9H,2-3H2,1H3/t4-/m0/s1. The smallest absolute Gasteiger partial charge is 0.337 e. The first-order chi connectivity index (χ1) is 5.57. The molecule has 72 valence electrons. The molecule has 0 rings (SSSR count). The number of hydrogen-bond donors (Lipinski definition) is 1. The molecule has 6 heteroatoms. The Kier molecular flexibility index (Phi) is 7.04. The number of carbonyl (C=O) groups excluding carboxylic acids is 1. The number of hydrogen-bond acceptors (Lipinski definition) is 4. The summed E-state index contributed by atoms with van der Waals surface area (Å²) in [5, 5.41) is 7.89. The minimum absolute atomic E-state index is 0.348. The van der Waals surface area contributed by atoms with Gasteiger partial charge in [-0.25, -0.2) is 4.79 Å². The topological polar surface area (TPSA) is 46.5 Å². The third kappa shape index (κ3) is 5.94. The van der Waals surface area contributed by atoms with Gasteiger partial charge in [-0.1, -0.05) is 23.2 Å². The maximum Gasteiger partial charge on any atom is 0.337 e. The monoisotopic (exact) mass is 232 g/mol. The quantitative estimate of drug-likeness (QED) is 0.576. The van der Waals surface area contributed by atoms with E-state index in [1.165, 1.54) is 11.8 Å². The summed E-state index contributed by atoms with van der Waals surface area (Å²) in [5.74, 6) is -0.0926. The van der Waals surface area contributed by atoms with Crippen molar-refractivity contribution >= 4 is 40.9 Å². The number of thioether (sulfide) groups is 1. The summed E-state index contributed by atoms with van der Waals surface area (Å²) in [7, 11) is 0. The van der Waals surface area contributed by atoms with Crippen LogP contribution in [0.4, 0.5) is 0 Å². The second-order valence-electron chi connectivity index (χ2n) is 1.99. The number of halogens is 2. The maximum atomic E-state index is 10.8. The molecule has 1 N–H and O–H groups in total. The second-order valence-corrected chi connectivity index (χ2v) is 4.00. The maximum absolute atomic E-state index is 10.8. The zero-order valence-corrected chi connectivity index (χ0v) is 8.83. The van der Waals surface area contributed by atoms with Gasteiger partial charge in [-0.2, -0.15) is 11.8 Å². The van der Waals surface area contributed by atoms with Gasteiger partial charge in [0.1, 0.15) is 0 Å². The Bertz CT molecular complexity index is 143. The van der Waals surface area contributed by atoms with Crippen molar-refractivity contribution in [3.8, 4) is 0 Å². The lowest BCUT2D eigenvalue weighted by molar-refractivity contribution is -0.152. The molecule has 0 saturated carbocycles. The summed E-state index contributed by atoms with van der Waals surface area (Å²) in [6.07, 6.45) is 1.10. The molecular formula is C6H10Cl2O3S. The van der Waals surface area contributed by atoms with Gasteiger partial charge in [0.05, 0.1) is 0 Å². The van der Waals surface area contributed by atoms with Crippen LogP contribution in [-0.2, 0) is 9.53 Å². The Morgan fingerprint density at radius 2 is 2.25 bits per heavy atom. The van der Waals surface area contributed by atoms with Crippen LogP contribution < -0.4 is 0 Å². The minimum Gasteiger partial charge on any atom is -0.430 e. The fourth-order valence-electron chi connectivity index (χ4n) is 0.514. The van der Waals surface area contributed by atoms with E-state index in [0.717, 1.165) is 0 Å². The molecule has 0 aromatic heterocycles. The largest absolute Gasteiger partial charge is 0.430 e. The van der Waals surface area contributed by atoms with Crippen molar-refractivity contribution in [3.63, 3.8) is 0 Å². The summed E-state index contributed by atoms with van der Waals surface area (Å²) in [6.45, 7) is 0. The van der Waals surface area contributed by atoms with Gasteiger partial charge in [0.2, 0.25) is 0 Å². The van der Waals surface area contributed by atoms with Gasteiger partial charge in [0.25, 0.3) is 5.02 Å². The molecule has 12 heavy (non-hydrogen) atoms. The Balaban J connectivity index is 3.61. The number of carbonyl (C=O) groups is 1. The molecule has 0 spiro atoms. The number of ether oxygens (including phenoxy) is 1. The molecule has 0 aromatic rings. The van der Waals surface area contributed by atoms with Gasteiger partial charge >= 0.3 is 5.97 Å². The van der Waals surface area contributed by atoms with E-state index in [0.29, 0.717) is 12.2 Å². The van der Waals surface area contributed by atoms with Crippen LogP contribution in [0.2, 0.25) is 0 Å². The molecule has 0 aliphatic carbocycles. The molecule has 1 atom stereocenters. The number of alkyl halides is 2. The zero-order valence-electron chi connectivity index (χ0n) is 6.50. The second kappa shape index (κ2) is 6.83. The van der Waals surface area contributed by atoms with E-state index in [2.05, 4.69) is 4.74 Å². The minimum atomic E-state index is -1.21. The van der Waals surface area contributed by atoms with Crippen molar-refractivity contribution < 1.29 is 14.6 Å². The molecule has 3 nitrogen and oxygen atoms in total. The summed E-state index contributed by atoms with van der Waals surface area (Å²) in [6, 6.07) is 0. The van der Waals surface area contributed by atoms with Crippen molar-refractivity contribution in [1.82, 2.24) is 0 Å². The average molecular weight is 233 g/mol. The predicted octanol–water partition coefficient (Wildman–Crippen LogP) is 1.40. The van der Waals surface area contributed by atoms with Gasteiger partial charge in [-0.3, -0.25) is 0 Å². The average Bonchev–Trinajstić information content (AvgIpc) is 1.98. The normalized spacial score (nSPS) is 13.1. The lowest BCUT2D eigenvalue weighted by Gasteiger charge is -2.09. The number of rotatable bonds is 5. The number of aliphatic hydroxyl groups excluding tert-OH is 1. The van der Waals surface area contributed by atoms with Crippen LogP contribution >= 0.6 is 35.0 Å². The molecule has 0 heterocycles. The van der Waals surface area contributed by atoms with Gasteiger partial charge in [0.15, 0.2) is 6.10 Å². The van der Waals surface area contributed by atoms with Crippen LogP contribution in [0.15, 0.2) is 0 Å². The van der Waals surface area contributed by atoms with Gasteiger partial charge < -0.3 is 9.84 Å². The molecular weight excluding hydrogens is 223 g/mol. The van der Waals surface area contributed by atoms with Crippen LogP contribution in [0.3, 0.4) is 0 Å². The Labute approximate surface area is 85.4 Å². The molecule has 0 unspecified atom stereocenters. The summed E-state index contributed by atoms with van der Waals surface area (Å²) < 4.78 is 4.34. The van der Waals surface area contributed by atoms with E-state index in [-0.39, 0.29) is 0 Å². The Hall–Kier alpha value is 0.360. The third-order valence-corrected chi connectivity index (χ3v) is 1.89. The lowest BCUT2D eigenvalue weighted by atomic mass is 10.3. The molecule has 0 radical (unpaired) electrons. The van der Waals surface area contributed by atoms with Crippen LogP contribution in [0.25, 0.3) is 0 Å². The first kappa shape index (κ1) is 12.4. The highest BCUT2D eigenvalue weighted by Gasteiger charge is 2.18. The number of esters is 1. The summed E-state index contributed by atoms with van der Waals surface area (Å²) >= 11 is 11.8. The van der Waals surface area contributed by atoms with E-state index in [1.807, 2.05) is 6.26 Å². The molecule has 0 aliphatic heterocycles. The fourth-order valence-corrected chi connectivity index (χ4v) is 1.15. The number of aliphatic hydroxyl groups is 1. The first-order valence-corrected chi connectivity index (χ1v) is 5.50. The molecule has 0 amide bonds.